The topological polar surface area (TPSA) is 59.6 Å². The molecule has 1 aliphatic rings. The molecule has 0 saturated carbocycles. The summed E-state index contributed by atoms with van der Waals surface area (Å²) in [5, 5.41) is 6.12. The molecular weight excluding hydrogens is 292 g/mol. The maximum atomic E-state index is 12.1. The molecule has 1 aliphatic heterocycles. The van der Waals surface area contributed by atoms with Crippen molar-refractivity contribution in [1.82, 2.24) is 10.6 Å². The van der Waals surface area contributed by atoms with Gasteiger partial charge < -0.3 is 20.1 Å². The predicted molar refractivity (Wildman–Crippen MR) is 83.5 cm³/mol. The van der Waals surface area contributed by atoms with Crippen LogP contribution in [0.5, 0.6) is 0 Å². The number of nitrogens with one attached hydrogen (secondary N) is 2. The Morgan fingerprint density at radius 3 is 2.67 bits per heavy atom. The molecule has 1 saturated heterocycles. The summed E-state index contributed by atoms with van der Waals surface area (Å²) in [7, 11) is 1.68. The van der Waals surface area contributed by atoms with Gasteiger partial charge in [-0.25, -0.2) is 0 Å². The monoisotopic (exact) mass is 314 g/mol. The van der Waals surface area contributed by atoms with Crippen molar-refractivity contribution in [3.63, 3.8) is 0 Å². The minimum absolute atomic E-state index is 0. The number of benzene rings is 1. The molecule has 1 amide bonds. The van der Waals surface area contributed by atoms with Gasteiger partial charge in [0, 0.05) is 20.2 Å². The molecule has 0 unspecified atom stereocenters. The van der Waals surface area contributed by atoms with E-state index in [1.807, 2.05) is 31.2 Å². The summed E-state index contributed by atoms with van der Waals surface area (Å²) < 4.78 is 10.5. The normalized spacial score (nSPS) is 21.4. The average Bonchev–Trinajstić information content (AvgIpc) is 2.47. The molecule has 0 radical (unpaired) electrons. The van der Waals surface area contributed by atoms with E-state index in [0.29, 0.717) is 26.3 Å². The van der Waals surface area contributed by atoms with E-state index in [1.165, 1.54) is 0 Å². The molecule has 0 spiro atoms. The Morgan fingerprint density at radius 2 is 2.05 bits per heavy atom. The van der Waals surface area contributed by atoms with Gasteiger partial charge in [-0.15, -0.1) is 12.4 Å². The third-order valence-electron chi connectivity index (χ3n) is 3.40. The fraction of sp³-hybridized carbons (Fsp3) is 0.533. The molecule has 21 heavy (non-hydrogen) atoms. The number of methoxy groups -OCH3 is 1. The highest BCUT2D eigenvalue weighted by molar-refractivity contribution is 5.85. The molecule has 0 aromatic heterocycles. The maximum absolute atomic E-state index is 12.1. The molecule has 1 fully saturated rings. The molecule has 0 aliphatic carbocycles. The lowest BCUT2D eigenvalue weighted by atomic mass is 10.1. The quantitative estimate of drug-likeness (QED) is 0.859. The second-order valence-corrected chi connectivity index (χ2v) is 4.98. The molecule has 1 aromatic rings. The first-order valence-electron chi connectivity index (χ1n) is 6.90. The molecule has 1 aromatic carbocycles. The second kappa shape index (κ2) is 9.00. The van der Waals surface area contributed by atoms with Gasteiger partial charge in [0.1, 0.15) is 6.04 Å². The highest BCUT2D eigenvalue weighted by Gasteiger charge is 2.27. The van der Waals surface area contributed by atoms with Gasteiger partial charge in [-0.1, -0.05) is 24.3 Å². The standard InChI is InChI=1S/C15H22N2O3.ClH/c1-11-14(16-7-8-20-11)15(18)17-9-12-3-5-13(6-4-12)10-19-2;/h3-6,11,14,16H,7-10H2,1-2H3,(H,17,18);1H/t11-,14+;/m1./s1. The number of hydrogen-bond donors (Lipinski definition) is 2. The number of morpholine rings is 1. The van der Waals surface area contributed by atoms with E-state index < -0.39 is 0 Å². The van der Waals surface area contributed by atoms with Gasteiger partial charge >= 0.3 is 0 Å². The van der Waals surface area contributed by atoms with Crippen LogP contribution in [0.2, 0.25) is 0 Å². The van der Waals surface area contributed by atoms with Crippen molar-refractivity contribution in [2.24, 2.45) is 0 Å². The van der Waals surface area contributed by atoms with Crippen molar-refractivity contribution >= 4 is 18.3 Å². The maximum Gasteiger partial charge on any atom is 0.240 e. The number of amides is 1. The van der Waals surface area contributed by atoms with Gasteiger partial charge in [0.2, 0.25) is 5.91 Å². The molecule has 0 bridgehead atoms. The first-order valence-corrected chi connectivity index (χ1v) is 6.90. The third kappa shape index (κ3) is 5.28. The van der Waals surface area contributed by atoms with Gasteiger partial charge in [-0.05, 0) is 18.1 Å². The van der Waals surface area contributed by atoms with Crippen LogP contribution in [-0.2, 0) is 27.4 Å². The highest BCUT2D eigenvalue weighted by Crippen LogP contribution is 2.07. The van der Waals surface area contributed by atoms with E-state index in [0.717, 1.165) is 11.1 Å². The Kier molecular flexibility index (Phi) is 7.67. The largest absolute Gasteiger partial charge is 0.380 e. The predicted octanol–water partition coefficient (Wildman–Crippen LogP) is 1.25. The lowest BCUT2D eigenvalue weighted by Gasteiger charge is -2.29. The van der Waals surface area contributed by atoms with E-state index in [-0.39, 0.29) is 30.5 Å². The van der Waals surface area contributed by atoms with Gasteiger partial charge in [-0.2, -0.15) is 0 Å². The van der Waals surface area contributed by atoms with Gasteiger partial charge in [0.05, 0.1) is 19.3 Å². The van der Waals surface area contributed by atoms with Crippen LogP contribution in [0.4, 0.5) is 0 Å². The number of hydrogen-bond acceptors (Lipinski definition) is 4. The molecule has 118 valence electrons. The Balaban J connectivity index is 0.00000220. The summed E-state index contributed by atoms with van der Waals surface area (Å²) in [4.78, 5) is 12.1. The first-order chi connectivity index (χ1) is 9.70. The van der Waals surface area contributed by atoms with Crippen molar-refractivity contribution in [1.29, 1.82) is 0 Å². The van der Waals surface area contributed by atoms with Crippen molar-refractivity contribution in [2.75, 3.05) is 20.3 Å². The Bertz CT molecular complexity index is 439. The Labute approximate surface area is 131 Å². The van der Waals surface area contributed by atoms with Crippen LogP contribution in [0, 0.1) is 0 Å². The van der Waals surface area contributed by atoms with Gasteiger partial charge in [-0.3, -0.25) is 4.79 Å². The zero-order valence-electron chi connectivity index (χ0n) is 12.4. The third-order valence-corrected chi connectivity index (χ3v) is 3.40. The van der Waals surface area contributed by atoms with E-state index in [9.17, 15) is 4.79 Å². The summed E-state index contributed by atoms with van der Waals surface area (Å²) in [6.07, 6.45) is -0.0900. The molecule has 2 rings (SSSR count). The van der Waals surface area contributed by atoms with Crippen molar-refractivity contribution in [3.8, 4) is 0 Å². The lowest BCUT2D eigenvalue weighted by Crippen LogP contribution is -2.55. The average molecular weight is 315 g/mol. The molecule has 6 heteroatoms. The summed E-state index contributed by atoms with van der Waals surface area (Å²) in [6, 6.07) is 7.76. The SMILES string of the molecule is COCc1ccc(CNC(=O)[C@H]2NCCO[C@@H]2C)cc1.Cl. The minimum atomic E-state index is -0.267. The van der Waals surface area contributed by atoms with E-state index in [1.54, 1.807) is 7.11 Å². The second-order valence-electron chi connectivity index (χ2n) is 4.98. The van der Waals surface area contributed by atoms with Gasteiger partial charge in [0.25, 0.3) is 0 Å². The molecular formula is C15H23ClN2O3. The summed E-state index contributed by atoms with van der Waals surface area (Å²) in [6.45, 7) is 4.42. The van der Waals surface area contributed by atoms with Crippen LogP contribution in [0.3, 0.4) is 0 Å². The summed E-state index contributed by atoms with van der Waals surface area (Å²) >= 11 is 0. The molecule has 2 atom stereocenters. The first kappa shape index (κ1) is 17.9. The number of carbonyl (C=O) groups excluding carboxylic acids is 1. The van der Waals surface area contributed by atoms with Gasteiger partial charge in [0.15, 0.2) is 0 Å². The molecule has 2 N–H and O–H groups in total. The number of rotatable bonds is 5. The van der Waals surface area contributed by atoms with Crippen molar-refractivity contribution in [2.45, 2.75) is 32.2 Å². The number of ether oxygens (including phenoxy) is 2. The van der Waals surface area contributed by atoms with Crippen LogP contribution < -0.4 is 10.6 Å². The summed E-state index contributed by atoms with van der Waals surface area (Å²) in [5.74, 6) is -0.0156. The Morgan fingerprint density at radius 1 is 1.38 bits per heavy atom. The lowest BCUT2D eigenvalue weighted by molar-refractivity contribution is -0.129. The minimum Gasteiger partial charge on any atom is -0.380 e. The Hall–Kier alpha value is -1.14. The highest BCUT2D eigenvalue weighted by atomic mass is 35.5. The number of carbonyl (C=O) groups is 1. The molecule has 1 heterocycles. The number of halogens is 1. The zero-order chi connectivity index (χ0) is 14.4. The zero-order valence-corrected chi connectivity index (χ0v) is 13.2. The van der Waals surface area contributed by atoms with E-state index in [4.69, 9.17) is 9.47 Å². The van der Waals surface area contributed by atoms with Crippen LogP contribution in [0.1, 0.15) is 18.1 Å². The van der Waals surface area contributed by atoms with Crippen LogP contribution >= 0.6 is 12.4 Å². The van der Waals surface area contributed by atoms with E-state index >= 15 is 0 Å². The van der Waals surface area contributed by atoms with Crippen LogP contribution in [0.15, 0.2) is 24.3 Å². The fourth-order valence-corrected chi connectivity index (χ4v) is 2.25. The van der Waals surface area contributed by atoms with E-state index in [2.05, 4.69) is 10.6 Å². The van der Waals surface area contributed by atoms with Crippen molar-refractivity contribution in [3.05, 3.63) is 35.4 Å². The smallest absolute Gasteiger partial charge is 0.240 e. The van der Waals surface area contributed by atoms with Crippen LogP contribution in [-0.4, -0.2) is 38.3 Å². The van der Waals surface area contributed by atoms with Crippen molar-refractivity contribution < 1.29 is 14.3 Å². The fourth-order valence-electron chi connectivity index (χ4n) is 2.25. The van der Waals surface area contributed by atoms with Crippen LogP contribution in [0.25, 0.3) is 0 Å². The summed E-state index contributed by atoms with van der Waals surface area (Å²) in [5.41, 5.74) is 2.20. The molecule has 5 nitrogen and oxygen atoms in total.